The molecule has 0 amide bonds. The first-order chi connectivity index (χ1) is 11.3. The summed E-state index contributed by atoms with van der Waals surface area (Å²) < 4.78 is 39.7. The molecule has 0 aliphatic carbocycles. The van der Waals surface area contributed by atoms with Crippen molar-refractivity contribution >= 4 is 44.7 Å². The van der Waals surface area contributed by atoms with E-state index in [4.69, 9.17) is 12.2 Å². The molecule has 0 aliphatic heterocycles. The summed E-state index contributed by atoms with van der Waals surface area (Å²) in [5.41, 5.74) is 3.14. The molecule has 0 atom stereocenters. The van der Waals surface area contributed by atoms with E-state index in [0.29, 0.717) is 5.71 Å². The molecule has 0 aliphatic rings. The number of anilines is 1. The van der Waals surface area contributed by atoms with E-state index in [1.807, 2.05) is 24.3 Å². The molecule has 2 rings (SSSR count). The highest BCUT2D eigenvalue weighted by atomic mass is 79.9. The smallest absolute Gasteiger partial charge is 0.331 e. The zero-order valence-corrected chi connectivity index (χ0v) is 14.9. The highest BCUT2D eigenvalue weighted by Crippen LogP contribution is 2.34. The Balaban J connectivity index is 2.08. The monoisotopic (exact) mass is 415 g/mol. The summed E-state index contributed by atoms with van der Waals surface area (Å²) in [7, 11) is 0. The lowest BCUT2D eigenvalue weighted by molar-refractivity contribution is -0.136. The Morgan fingerprint density at radius 2 is 1.83 bits per heavy atom. The van der Waals surface area contributed by atoms with E-state index in [1.54, 1.807) is 6.92 Å². The maximum atomic E-state index is 12.9. The largest absolute Gasteiger partial charge is 0.418 e. The molecule has 0 unspecified atom stereocenters. The van der Waals surface area contributed by atoms with Crippen molar-refractivity contribution < 1.29 is 13.2 Å². The first-order valence-corrected chi connectivity index (χ1v) is 8.01. The molecule has 0 saturated carbocycles. The number of thiocarbonyl (C=S) groups is 1. The number of rotatable bonds is 3. The molecule has 0 spiro atoms. The molecule has 0 saturated heterocycles. The Labute approximate surface area is 151 Å². The highest BCUT2D eigenvalue weighted by molar-refractivity contribution is 9.10. The second kappa shape index (κ2) is 7.76. The molecule has 2 N–H and O–H groups in total. The molecule has 8 heteroatoms. The van der Waals surface area contributed by atoms with Crippen LogP contribution in [0.1, 0.15) is 18.1 Å². The van der Waals surface area contributed by atoms with E-state index in [9.17, 15) is 13.2 Å². The van der Waals surface area contributed by atoms with Gasteiger partial charge in [0.25, 0.3) is 0 Å². The van der Waals surface area contributed by atoms with Gasteiger partial charge in [0.2, 0.25) is 0 Å². The van der Waals surface area contributed by atoms with Gasteiger partial charge in [0.1, 0.15) is 0 Å². The number of nitrogens with one attached hydrogen (secondary N) is 2. The van der Waals surface area contributed by atoms with Gasteiger partial charge in [-0.1, -0.05) is 40.2 Å². The standard InChI is InChI=1S/C16H13BrF3N3S/c1-10(11-5-4-6-12(17)9-11)22-23-15(24)21-14-8-3-2-7-13(14)16(18,19)20/h2-9H,1H3,(H2,21,23,24)/b22-10+. The molecule has 2 aromatic rings. The van der Waals surface area contributed by atoms with Gasteiger partial charge < -0.3 is 5.32 Å². The molecule has 0 bridgehead atoms. The first kappa shape index (κ1) is 18.4. The summed E-state index contributed by atoms with van der Waals surface area (Å²) in [6, 6.07) is 12.6. The minimum atomic E-state index is -4.46. The molecule has 24 heavy (non-hydrogen) atoms. The molecule has 0 aromatic heterocycles. The molecule has 0 radical (unpaired) electrons. The number of nitrogens with zero attached hydrogens (tertiary/aromatic N) is 1. The van der Waals surface area contributed by atoms with Gasteiger partial charge in [0.15, 0.2) is 5.11 Å². The Morgan fingerprint density at radius 1 is 1.12 bits per heavy atom. The Hall–Kier alpha value is -1.93. The predicted molar refractivity (Wildman–Crippen MR) is 97.2 cm³/mol. The lowest BCUT2D eigenvalue weighted by Gasteiger charge is -2.14. The van der Waals surface area contributed by atoms with Gasteiger partial charge in [-0.15, -0.1) is 0 Å². The zero-order chi connectivity index (χ0) is 17.7. The van der Waals surface area contributed by atoms with Crippen molar-refractivity contribution in [1.82, 2.24) is 5.43 Å². The Bertz CT molecular complexity index is 775. The Kier molecular flexibility index (Phi) is 5.95. The van der Waals surface area contributed by atoms with E-state index >= 15 is 0 Å². The van der Waals surface area contributed by atoms with Crippen molar-refractivity contribution in [1.29, 1.82) is 0 Å². The predicted octanol–water partition coefficient (Wildman–Crippen LogP) is 5.18. The summed E-state index contributed by atoms with van der Waals surface area (Å²) in [6.07, 6.45) is -4.46. The van der Waals surface area contributed by atoms with Crippen LogP contribution in [0.25, 0.3) is 0 Å². The van der Waals surface area contributed by atoms with Crippen molar-refractivity contribution in [3.05, 3.63) is 64.1 Å². The van der Waals surface area contributed by atoms with Gasteiger partial charge in [-0.25, -0.2) is 0 Å². The van der Waals surface area contributed by atoms with Crippen LogP contribution in [0.5, 0.6) is 0 Å². The van der Waals surface area contributed by atoms with Gasteiger partial charge in [0, 0.05) is 4.47 Å². The topological polar surface area (TPSA) is 36.4 Å². The van der Waals surface area contributed by atoms with Gasteiger partial charge in [-0.2, -0.15) is 18.3 Å². The van der Waals surface area contributed by atoms with Crippen LogP contribution in [0.15, 0.2) is 58.1 Å². The van der Waals surface area contributed by atoms with Crippen LogP contribution < -0.4 is 10.7 Å². The van der Waals surface area contributed by atoms with Crippen LogP contribution in [-0.4, -0.2) is 10.8 Å². The second-order valence-corrected chi connectivity index (χ2v) is 6.14. The van der Waals surface area contributed by atoms with Crippen LogP contribution in [0.4, 0.5) is 18.9 Å². The maximum Gasteiger partial charge on any atom is 0.418 e. The van der Waals surface area contributed by atoms with Gasteiger partial charge >= 0.3 is 6.18 Å². The molecule has 2 aromatic carbocycles. The summed E-state index contributed by atoms with van der Waals surface area (Å²) >= 11 is 8.37. The van der Waals surface area contributed by atoms with Crippen molar-refractivity contribution in [3.8, 4) is 0 Å². The molecular formula is C16H13BrF3N3S. The summed E-state index contributed by atoms with van der Waals surface area (Å²) in [6.45, 7) is 1.76. The highest BCUT2D eigenvalue weighted by Gasteiger charge is 2.33. The van der Waals surface area contributed by atoms with E-state index in [1.165, 1.54) is 18.2 Å². The SMILES string of the molecule is C/C(=N\NC(=S)Nc1ccccc1C(F)(F)F)c1cccc(Br)c1. The molecule has 0 heterocycles. The van der Waals surface area contributed by atoms with Crippen LogP contribution in [0.3, 0.4) is 0 Å². The second-order valence-electron chi connectivity index (χ2n) is 4.82. The lowest BCUT2D eigenvalue weighted by Crippen LogP contribution is -2.26. The lowest BCUT2D eigenvalue weighted by atomic mass is 10.1. The minimum absolute atomic E-state index is 0.0268. The molecular weight excluding hydrogens is 403 g/mol. The minimum Gasteiger partial charge on any atom is -0.331 e. The van der Waals surface area contributed by atoms with Crippen molar-refractivity contribution in [2.24, 2.45) is 5.10 Å². The fourth-order valence-corrected chi connectivity index (χ4v) is 2.46. The maximum absolute atomic E-state index is 12.9. The van der Waals surface area contributed by atoms with Crippen molar-refractivity contribution in [2.75, 3.05) is 5.32 Å². The molecule has 126 valence electrons. The van der Waals surface area contributed by atoms with Crippen LogP contribution in [-0.2, 0) is 6.18 Å². The molecule has 0 fully saturated rings. The first-order valence-electron chi connectivity index (χ1n) is 6.81. The van der Waals surface area contributed by atoms with Crippen LogP contribution in [0, 0.1) is 0 Å². The van der Waals surface area contributed by atoms with Crippen molar-refractivity contribution in [3.63, 3.8) is 0 Å². The number of hydrogen-bond donors (Lipinski definition) is 2. The van der Waals surface area contributed by atoms with Gasteiger partial charge in [0.05, 0.1) is 17.0 Å². The average molecular weight is 416 g/mol. The third-order valence-corrected chi connectivity index (χ3v) is 3.73. The quantitative estimate of drug-likeness (QED) is 0.412. The Morgan fingerprint density at radius 3 is 2.50 bits per heavy atom. The third-order valence-electron chi connectivity index (χ3n) is 3.05. The average Bonchev–Trinajstić information content (AvgIpc) is 2.52. The number of hydrazone groups is 1. The number of halogens is 4. The summed E-state index contributed by atoms with van der Waals surface area (Å²) in [4.78, 5) is 0. The zero-order valence-electron chi connectivity index (χ0n) is 12.5. The van der Waals surface area contributed by atoms with Crippen molar-refractivity contribution in [2.45, 2.75) is 13.1 Å². The fraction of sp³-hybridized carbons (Fsp3) is 0.125. The third kappa shape index (κ3) is 5.04. The van der Waals surface area contributed by atoms with E-state index < -0.39 is 11.7 Å². The van der Waals surface area contributed by atoms with Gasteiger partial charge in [-0.3, -0.25) is 5.43 Å². The van der Waals surface area contributed by atoms with E-state index in [0.717, 1.165) is 16.1 Å². The molecule has 3 nitrogen and oxygen atoms in total. The number of alkyl halides is 3. The number of hydrogen-bond acceptors (Lipinski definition) is 2. The van der Waals surface area contributed by atoms with Crippen LogP contribution in [0.2, 0.25) is 0 Å². The van der Waals surface area contributed by atoms with Crippen LogP contribution >= 0.6 is 28.1 Å². The summed E-state index contributed by atoms with van der Waals surface area (Å²) in [5, 5.41) is 6.58. The summed E-state index contributed by atoms with van der Waals surface area (Å²) in [5.74, 6) is 0. The number of para-hydroxylation sites is 1. The van der Waals surface area contributed by atoms with Gasteiger partial charge in [-0.05, 0) is 49.0 Å². The van der Waals surface area contributed by atoms with E-state index in [2.05, 4.69) is 31.8 Å². The number of benzene rings is 2. The fourth-order valence-electron chi connectivity index (χ4n) is 1.90. The normalized spacial score (nSPS) is 12.0. The van der Waals surface area contributed by atoms with E-state index in [-0.39, 0.29) is 10.8 Å².